The Labute approximate surface area is 523 Å². The van der Waals surface area contributed by atoms with E-state index in [1.54, 1.807) is 49.5 Å². The summed E-state index contributed by atoms with van der Waals surface area (Å²) in [6.07, 6.45) is 13.7. The van der Waals surface area contributed by atoms with Gasteiger partial charge in [0.25, 0.3) is 11.8 Å². The number of aliphatic hydroxyl groups excluding tert-OH is 1. The first kappa shape index (κ1) is 64.7. The maximum atomic E-state index is 12.7. The first-order chi connectivity index (χ1) is 43.7. The predicted octanol–water partition coefficient (Wildman–Crippen LogP) is 9.06. The summed E-state index contributed by atoms with van der Waals surface area (Å²) in [7, 11) is 7.29. The Morgan fingerprint density at radius 1 is 0.544 bits per heavy atom. The predicted molar refractivity (Wildman–Crippen MR) is 354 cm³/mol. The number of nitrogen functional groups attached to an aromatic ring is 2. The molecule has 8 N–H and O–H groups in total. The number of hydrogen-bond acceptors (Lipinski definition) is 18. The number of likely N-dealkylation sites (N-methyl/N-ethyl adjacent to an activating group) is 4. The standard InChI is InChI=1S/C35H35N7O4.C22H23N3O2.C12H14N4O/c1-41(20-21-45-35(44)38-23-27-8-10-28(11-9-27)24-46-34-37-19-18-31(36)40-34)29-15-12-26(13-16-29)22-30-33(43)42(2)32(39-30)17-14-25-6-4-3-5-7-25;1-24(14-15-26)19-11-8-18(9-12-19)16-20-22(27)25(2)21(23-20)13-10-17-6-4-3-5-7-17;13-7-9-1-3-10(4-2-9)8-17-12-15-6-5-11(14)16-12/h3-19,22H,20-21,23-24H2,1-2H3,(H,38,44)(H2,36,37,40);3-13,16,26H,14-15H2,1-2H3;1-6H,7-8,13H2,(H2,14,15,16)/b17-14+,30-22-;13-10+,20-16-;. The summed E-state index contributed by atoms with van der Waals surface area (Å²) >= 11 is 0. The van der Waals surface area contributed by atoms with Crippen molar-refractivity contribution in [3.63, 3.8) is 0 Å². The van der Waals surface area contributed by atoms with E-state index in [1.807, 2.05) is 206 Å². The monoisotopic (exact) mass is 1210 g/mol. The lowest BCUT2D eigenvalue weighted by atomic mass is 10.1. The van der Waals surface area contributed by atoms with E-state index in [1.165, 1.54) is 11.1 Å². The highest BCUT2D eigenvalue weighted by Gasteiger charge is 2.26. The summed E-state index contributed by atoms with van der Waals surface area (Å²) in [6.45, 7) is 2.98. The second-order valence-electron chi connectivity index (χ2n) is 20.4. The van der Waals surface area contributed by atoms with Crippen LogP contribution in [-0.4, -0.2) is 119 Å². The maximum Gasteiger partial charge on any atom is 0.407 e. The average Bonchev–Trinajstić information content (AvgIpc) is 1.95. The number of aliphatic hydroxyl groups is 1. The molecule has 0 aliphatic carbocycles. The number of nitrogens with two attached hydrogens (primary N) is 3. The van der Waals surface area contributed by atoms with E-state index >= 15 is 0 Å². The molecule has 0 bridgehead atoms. The summed E-state index contributed by atoms with van der Waals surface area (Å²) in [4.78, 5) is 69.4. The molecule has 2 aliphatic heterocycles. The molecule has 10 rings (SSSR count). The largest absolute Gasteiger partial charge is 0.459 e. The van der Waals surface area contributed by atoms with E-state index in [-0.39, 0.29) is 37.0 Å². The third kappa shape index (κ3) is 19.9. The van der Waals surface area contributed by atoms with E-state index in [9.17, 15) is 14.4 Å². The van der Waals surface area contributed by atoms with Crippen molar-refractivity contribution in [1.82, 2.24) is 35.1 Å². The molecule has 0 saturated heterocycles. The summed E-state index contributed by atoms with van der Waals surface area (Å²) in [5.41, 5.74) is 27.3. The van der Waals surface area contributed by atoms with Crippen LogP contribution in [0, 0.1) is 0 Å². The number of benzene rings is 6. The van der Waals surface area contributed by atoms with Crippen LogP contribution in [0.15, 0.2) is 216 Å². The van der Waals surface area contributed by atoms with Crippen LogP contribution in [0.25, 0.3) is 24.3 Å². The number of nitrogens with one attached hydrogen (secondary N) is 1. The molecule has 2 aliphatic rings. The Morgan fingerprint density at radius 2 is 0.967 bits per heavy atom. The van der Waals surface area contributed by atoms with Gasteiger partial charge in [-0.25, -0.2) is 24.7 Å². The molecule has 0 fully saturated rings. The van der Waals surface area contributed by atoms with Gasteiger partial charge in [0.1, 0.15) is 54.5 Å². The van der Waals surface area contributed by atoms with Crippen LogP contribution < -0.4 is 41.8 Å². The smallest absolute Gasteiger partial charge is 0.407 e. The fourth-order valence-corrected chi connectivity index (χ4v) is 8.54. The molecule has 21 nitrogen and oxygen atoms in total. The van der Waals surface area contributed by atoms with Gasteiger partial charge in [-0.15, -0.1) is 0 Å². The number of amidine groups is 2. The minimum absolute atomic E-state index is 0.108. The van der Waals surface area contributed by atoms with Crippen LogP contribution in [-0.2, 0) is 40.6 Å². The number of aliphatic imine (C=N–C) groups is 2. The average molecular weight is 1210 g/mol. The molecule has 4 heterocycles. The van der Waals surface area contributed by atoms with E-state index in [0.29, 0.717) is 74.1 Å². The molecular formula is C69H72N14O7. The summed E-state index contributed by atoms with van der Waals surface area (Å²) in [5, 5.41) is 11.8. The van der Waals surface area contributed by atoms with Crippen molar-refractivity contribution in [1.29, 1.82) is 0 Å². The number of aromatic nitrogens is 4. The first-order valence-corrected chi connectivity index (χ1v) is 28.8. The number of hydrogen-bond donors (Lipinski definition) is 5. The highest BCUT2D eigenvalue weighted by Crippen LogP contribution is 2.23. The molecule has 0 radical (unpaired) electrons. The number of anilines is 4. The van der Waals surface area contributed by atoms with Gasteiger partial charge in [0, 0.05) is 71.6 Å². The zero-order chi connectivity index (χ0) is 63.6. The lowest BCUT2D eigenvalue weighted by Gasteiger charge is -2.19. The van der Waals surface area contributed by atoms with Gasteiger partial charge in [-0.3, -0.25) is 19.4 Å². The molecule has 0 saturated carbocycles. The van der Waals surface area contributed by atoms with Crippen molar-refractivity contribution in [3.05, 3.63) is 250 Å². The normalized spacial score (nSPS) is 13.6. The Balaban J connectivity index is 0.000000199. The van der Waals surface area contributed by atoms with Gasteiger partial charge in [0.05, 0.1) is 13.2 Å². The van der Waals surface area contributed by atoms with Crippen molar-refractivity contribution in [2.24, 2.45) is 15.7 Å². The number of carbonyl (C=O) groups excluding carboxylic acids is 3. The zero-order valence-corrected chi connectivity index (χ0v) is 50.5. The van der Waals surface area contributed by atoms with Crippen molar-refractivity contribution in [3.8, 4) is 12.0 Å². The third-order valence-corrected chi connectivity index (χ3v) is 13.8. The van der Waals surface area contributed by atoms with Gasteiger partial charge in [0.15, 0.2) is 0 Å². The van der Waals surface area contributed by atoms with Crippen molar-refractivity contribution >= 4 is 76.9 Å². The van der Waals surface area contributed by atoms with E-state index in [2.05, 4.69) is 35.2 Å². The van der Waals surface area contributed by atoms with Gasteiger partial charge < -0.3 is 51.6 Å². The summed E-state index contributed by atoms with van der Waals surface area (Å²) in [6, 6.07) is 54.5. The van der Waals surface area contributed by atoms with Crippen LogP contribution in [0.1, 0.15) is 44.5 Å². The fraction of sp³-hybridized carbons (Fsp3) is 0.174. The van der Waals surface area contributed by atoms with Crippen LogP contribution in [0.2, 0.25) is 0 Å². The molecule has 3 amide bonds. The lowest BCUT2D eigenvalue weighted by molar-refractivity contribution is -0.122. The number of amides is 3. The van der Waals surface area contributed by atoms with Crippen LogP contribution in [0.5, 0.6) is 12.0 Å². The topological polar surface area (TPSA) is 278 Å². The second kappa shape index (κ2) is 33.0. The Bertz CT molecular complexity index is 3840. The Kier molecular flexibility index (Phi) is 23.7. The molecule has 0 spiro atoms. The summed E-state index contributed by atoms with van der Waals surface area (Å²) in [5.74, 6) is 1.67. The first-order valence-electron chi connectivity index (χ1n) is 28.8. The number of carbonyl (C=O) groups is 3. The quantitative estimate of drug-likeness (QED) is 0.0396. The molecule has 2 aromatic heterocycles. The molecule has 8 aromatic rings. The number of rotatable bonds is 22. The van der Waals surface area contributed by atoms with Crippen molar-refractivity contribution in [2.45, 2.75) is 26.3 Å². The fourth-order valence-electron chi connectivity index (χ4n) is 8.54. The van der Waals surface area contributed by atoms with Gasteiger partial charge in [0.2, 0.25) is 0 Å². The zero-order valence-electron chi connectivity index (χ0n) is 50.5. The second-order valence-corrected chi connectivity index (χ2v) is 20.4. The number of alkyl carbamates (subject to hydrolysis) is 1. The molecule has 0 atom stereocenters. The molecule has 21 heteroatoms. The van der Waals surface area contributed by atoms with Crippen LogP contribution >= 0.6 is 0 Å². The van der Waals surface area contributed by atoms with Crippen LogP contribution in [0.3, 0.4) is 0 Å². The molecule has 6 aromatic carbocycles. The number of ether oxygens (including phenoxy) is 3. The Hall–Kier alpha value is -11.3. The minimum atomic E-state index is -0.494. The van der Waals surface area contributed by atoms with E-state index in [0.717, 1.165) is 55.9 Å². The van der Waals surface area contributed by atoms with E-state index in [4.69, 9.17) is 36.5 Å². The van der Waals surface area contributed by atoms with Gasteiger partial charge in [-0.2, -0.15) is 9.97 Å². The molecule has 460 valence electrons. The number of nitrogens with zero attached hydrogens (tertiary/aromatic N) is 10. The molecule has 0 unspecified atom stereocenters. The highest BCUT2D eigenvalue weighted by atomic mass is 16.5. The van der Waals surface area contributed by atoms with Gasteiger partial charge >= 0.3 is 18.1 Å². The molecule has 90 heavy (non-hydrogen) atoms. The van der Waals surface area contributed by atoms with Crippen molar-refractivity contribution < 1.29 is 33.7 Å². The minimum Gasteiger partial charge on any atom is -0.459 e. The SMILES string of the molecule is CN1C(=O)/C(=C/c2ccc(N(C)CCO)cc2)N=C1/C=C/c1ccccc1.CN1C(=O)/C(=C/c2ccc(N(C)CCOC(=O)NCc3ccc(COc4nccc(N)n4)cc3)cc2)N=C1/C=C/c1ccccc1.NCc1ccc(COc2nccc(N)n2)cc1. The molecular weight excluding hydrogens is 1140 g/mol. The summed E-state index contributed by atoms with van der Waals surface area (Å²) < 4.78 is 16.3. The van der Waals surface area contributed by atoms with Crippen LogP contribution in [0.4, 0.5) is 27.8 Å². The maximum absolute atomic E-state index is 12.7. The lowest BCUT2D eigenvalue weighted by Crippen LogP contribution is -2.28. The third-order valence-electron chi connectivity index (χ3n) is 13.8. The van der Waals surface area contributed by atoms with Gasteiger partial charge in [-0.05, 0) is 105 Å². The Morgan fingerprint density at radius 3 is 1.39 bits per heavy atom. The highest BCUT2D eigenvalue weighted by molar-refractivity contribution is 6.19. The van der Waals surface area contributed by atoms with Crippen molar-refractivity contribution in [2.75, 3.05) is 75.8 Å². The van der Waals surface area contributed by atoms with E-state index < -0.39 is 6.09 Å². The van der Waals surface area contributed by atoms with Gasteiger partial charge in [-0.1, -0.05) is 146 Å².